The van der Waals surface area contributed by atoms with Gasteiger partial charge in [-0.2, -0.15) is 0 Å². The maximum Gasteiger partial charge on any atom is 0.161 e. The van der Waals surface area contributed by atoms with Gasteiger partial charge in [0.1, 0.15) is 11.6 Å². The highest BCUT2D eigenvalue weighted by Gasteiger charge is 2.19. The first-order chi connectivity index (χ1) is 12.0. The third kappa shape index (κ3) is 4.26. The van der Waals surface area contributed by atoms with Crippen LogP contribution >= 0.6 is 61.9 Å². The summed E-state index contributed by atoms with van der Waals surface area (Å²) in [6, 6.07) is 14.1. The summed E-state index contributed by atoms with van der Waals surface area (Å²) in [5.74, 6) is 1.68. The molecule has 2 aromatic carbocycles. The lowest BCUT2D eigenvalue weighted by Gasteiger charge is -2.19. The lowest BCUT2D eigenvalue weighted by molar-refractivity contribution is 0.228. The lowest BCUT2D eigenvalue weighted by Crippen LogP contribution is -2.05. The van der Waals surface area contributed by atoms with Crippen molar-refractivity contribution in [1.29, 1.82) is 0 Å². The van der Waals surface area contributed by atoms with Gasteiger partial charge in [-0.05, 0) is 68.9 Å². The molecule has 0 radical (unpaired) electrons. The summed E-state index contributed by atoms with van der Waals surface area (Å²) >= 11 is 14.1. The first kappa shape index (κ1) is 19.3. The molecular formula is C19H16BrClINOS. The maximum atomic E-state index is 6.52. The summed E-state index contributed by atoms with van der Waals surface area (Å²) in [5, 5.41) is 2.51. The normalized spacial score (nSPS) is 12.4. The zero-order chi connectivity index (χ0) is 18.0. The van der Waals surface area contributed by atoms with Gasteiger partial charge >= 0.3 is 0 Å². The Hall–Kier alpha value is -0.500. The van der Waals surface area contributed by atoms with Gasteiger partial charge in [-0.1, -0.05) is 48.9 Å². The van der Waals surface area contributed by atoms with E-state index in [9.17, 15) is 0 Å². The number of hydrogen-bond donors (Lipinski definition) is 0. The van der Waals surface area contributed by atoms with Crippen LogP contribution in [-0.4, -0.2) is 10.7 Å². The third-order valence-electron chi connectivity index (χ3n) is 3.74. The molecule has 1 aromatic heterocycles. The molecule has 0 aliphatic carbocycles. The van der Waals surface area contributed by atoms with Crippen LogP contribution in [0.2, 0.25) is 5.02 Å². The number of ether oxygens (including phenoxy) is 1. The molecule has 0 N–H and O–H groups in total. The fourth-order valence-corrected chi connectivity index (χ4v) is 4.43. The molecule has 0 bridgehead atoms. The van der Waals surface area contributed by atoms with Crippen LogP contribution in [0.5, 0.6) is 5.75 Å². The van der Waals surface area contributed by atoms with Crippen molar-refractivity contribution in [3.05, 3.63) is 61.1 Å². The lowest BCUT2D eigenvalue weighted by atomic mass is 10.1. The number of fused-ring (bicyclic) bond motifs is 1. The van der Waals surface area contributed by atoms with E-state index in [1.54, 1.807) is 11.8 Å². The Morgan fingerprint density at radius 1 is 1.28 bits per heavy atom. The Morgan fingerprint density at radius 3 is 2.68 bits per heavy atom. The summed E-state index contributed by atoms with van der Waals surface area (Å²) < 4.78 is 8.28. The van der Waals surface area contributed by atoms with E-state index >= 15 is 0 Å². The monoisotopic (exact) mass is 547 g/mol. The van der Waals surface area contributed by atoms with Gasteiger partial charge in [-0.15, -0.1) is 11.8 Å². The molecule has 3 rings (SSSR count). The molecule has 1 heterocycles. The smallest absolute Gasteiger partial charge is 0.161 e. The van der Waals surface area contributed by atoms with Gasteiger partial charge in [0.2, 0.25) is 0 Å². The Balaban J connectivity index is 2.13. The Kier molecular flexibility index (Phi) is 6.52. The van der Waals surface area contributed by atoms with Gasteiger partial charge in [0.05, 0.1) is 14.5 Å². The average molecular weight is 549 g/mol. The van der Waals surface area contributed by atoms with Crippen LogP contribution in [0.1, 0.15) is 25.5 Å². The maximum absolute atomic E-state index is 6.52. The van der Waals surface area contributed by atoms with Gasteiger partial charge in [0.25, 0.3) is 0 Å². The van der Waals surface area contributed by atoms with Gasteiger partial charge in [-0.3, -0.25) is 0 Å². The van der Waals surface area contributed by atoms with E-state index in [4.69, 9.17) is 21.3 Å². The van der Waals surface area contributed by atoms with Crippen molar-refractivity contribution in [2.75, 3.05) is 5.75 Å². The van der Waals surface area contributed by atoms with Gasteiger partial charge in [-0.25, -0.2) is 4.98 Å². The van der Waals surface area contributed by atoms with E-state index in [0.717, 1.165) is 41.0 Å². The Morgan fingerprint density at radius 2 is 2.00 bits per heavy atom. The van der Waals surface area contributed by atoms with Crippen LogP contribution in [0.4, 0.5) is 0 Å². The van der Waals surface area contributed by atoms with Gasteiger partial charge in [0, 0.05) is 8.96 Å². The first-order valence-corrected chi connectivity index (χ1v) is 11.1. The van der Waals surface area contributed by atoms with Crippen molar-refractivity contribution in [1.82, 2.24) is 4.98 Å². The molecule has 3 aromatic rings. The van der Waals surface area contributed by atoms with E-state index in [-0.39, 0.29) is 6.10 Å². The number of nitrogens with zero attached hydrogens (tertiary/aromatic N) is 1. The van der Waals surface area contributed by atoms with Gasteiger partial charge < -0.3 is 4.74 Å². The highest BCUT2D eigenvalue weighted by molar-refractivity contribution is 14.1. The third-order valence-corrected chi connectivity index (χ3v) is 7.22. The largest absolute Gasteiger partial charge is 0.483 e. The fourth-order valence-electron chi connectivity index (χ4n) is 2.51. The molecule has 1 atom stereocenters. The number of benzene rings is 2. The standard InChI is InChI=1S/C19H16BrClINOS/c1-3-25-16-10-14(21)13-9-15(22)17(20)19(18(13)23-16)24-11(2)12-7-5-4-6-8-12/h4-11H,3H2,1-2H3/t11-/m0/s1. The number of thioether (sulfide) groups is 1. The SMILES string of the molecule is CCSc1cc(Cl)c2cc(I)c(Br)c(O[C@@H](C)c3ccccc3)c2n1. The molecule has 0 saturated carbocycles. The molecule has 0 aliphatic rings. The number of pyridine rings is 1. The number of rotatable bonds is 5. The topological polar surface area (TPSA) is 22.1 Å². The molecule has 0 spiro atoms. The predicted octanol–water partition coefficient (Wildman–Crippen LogP) is 7.51. The van der Waals surface area contributed by atoms with Gasteiger partial charge in [0.15, 0.2) is 5.75 Å². The molecule has 0 fully saturated rings. The zero-order valence-corrected chi connectivity index (χ0v) is 19.0. The molecule has 0 amide bonds. The van der Waals surface area contributed by atoms with Crippen LogP contribution < -0.4 is 4.74 Å². The second-order valence-corrected chi connectivity index (χ2v) is 9.09. The van der Waals surface area contributed by atoms with E-state index in [1.807, 2.05) is 37.3 Å². The molecule has 0 unspecified atom stereocenters. The van der Waals surface area contributed by atoms with Crippen molar-refractivity contribution < 1.29 is 4.74 Å². The highest BCUT2D eigenvalue weighted by atomic mass is 127. The van der Waals surface area contributed by atoms with Crippen LogP contribution in [0.25, 0.3) is 10.9 Å². The summed E-state index contributed by atoms with van der Waals surface area (Å²) in [6.45, 7) is 4.14. The molecule has 2 nitrogen and oxygen atoms in total. The van der Waals surface area contributed by atoms with Crippen molar-refractivity contribution in [3.63, 3.8) is 0 Å². The minimum Gasteiger partial charge on any atom is -0.483 e. The summed E-state index contributed by atoms with van der Waals surface area (Å²) in [7, 11) is 0. The van der Waals surface area contributed by atoms with E-state index in [1.165, 1.54) is 0 Å². The zero-order valence-electron chi connectivity index (χ0n) is 13.7. The van der Waals surface area contributed by atoms with Crippen LogP contribution in [-0.2, 0) is 0 Å². The van der Waals surface area contributed by atoms with E-state index in [0.29, 0.717) is 5.02 Å². The molecule has 6 heteroatoms. The number of hydrogen-bond acceptors (Lipinski definition) is 3. The summed E-state index contributed by atoms with van der Waals surface area (Å²) in [5.41, 5.74) is 1.91. The fraction of sp³-hybridized carbons (Fsp3) is 0.211. The number of aromatic nitrogens is 1. The molecule has 0 saturated heterocycles. The van der Waals surface area contributed by atoms with Crippen molar-refractivity contribution in [2.24, 2.45) is 0 Å². The quantitative estimate of drug-likeness (QED) is 0.243. The van der Waals surface area contributed by atoms with Crippen LogP contribution in [0.3, 0.4) is 0 Å². The molecule has 0 aliphatic heterocycles. The van der Waals surface area contributed by atoms with Crippen molar-refractivity contribution >= 4 is 72.8 Å². The van der Waals surface area contributed by atoms with E-state index < -0.39 is 0 Å². The predicted molar refractivity (Wildman–Crippen MR) is 119 cm³/mol. The van der Waals surface area contributed by atoms with Crippen molar-refractivity contribution in [3.8, 4) is 5.75 Å². The minimum absolute atomic E-state index is 0.0954. The molecular weight excluding hydrogens is 533 g/mol. The van der Waals surface area contributed by atoms with Crippen molar-refractivity contribution in [2.45, 2.75) is 25.0 Å². The Labute approximate surface area is 179 Å². The average Bonchev–Trinajstić information content (AvgIpc) is 2.61. The second kappa shape index (κ2) is 8.46. The Bertz CT molecular complexity index is 907. The minimum atomic E-state index is -0.0954. The highest BCUT2D eigenvalue weighted by Crippen LogP contribution is 2.42. The van der Waals surface area contributed by atoms with Crippen LogP contribution in [0, 0.1) is 3.57 Å². The molecule has 25 heavy (non-hydrogen) atoms. The summed E-state index contributed by atoms with van der Waals surface area (Å²) in [6.07, 6.45) is -0.0954. The second-order valence-electron chi connectivity index (χ2n) is 5.44. The van der Waals surface area contributed by atoms with E-state index in [2.05, 4.69) is 57.6 Å². The summed E-state index contributed by atoms with van der Waals surface area (Å²) in [4.78, 5) is 4.79. The first-order valence-electron chi connectivity index (χ1n) is 7.84. The number of halogens is 3. The molecule has 130 valence electrons. The van der Waals surface area contributed by atoms with Crippen LogP contribution in [0.15, 0.2) is 52.0 Å².